The lowest BCUT2D eigenvalue weighted by Gasteiger charge is -2.30. The van der Waals surface area contributed by atoms with E-state index in [1.165, 1.54) is 10.8 Å². The average molecular weight is 2820 g/mol. The molecule has 0 bridgehead atoms. The highest BCUT2D eigenvalue weighted by molar-refractivity contribution is 14.1. The lowest BCUT2D eigenvalue weighted by Crippen LogP contribution is -2.41. The summed E-state index contributed by atoms with van der Waals surface area (Å²) < 4.78 is 354. The lowest BCUT2D eigenvalue weighted by atomic mass is 10.1. The van der Waals surface area contributed by atoms with Crippen molar-refractivity contribution >= 4 is 269 Å². The van der Waals surface area contributed by atoms with E-state index in [0.29, 0.717) is 105 Å². The van der Waals surface area contributed by atoms with Gasteiger partial charge in [0.15, 0.2) is 40.7 Å². The van der Waals surface area contributed by atoms with Gasteiger partial charge in [-0.15, -0.1) is 0 Å². The average Bonchev–Trinajstić information content (AvgIpc) is 0.788. The summed E-state index contributed by atoms with van der Waals surface area (Å²) in [4.78, 5) is 73.7. The maximum absolute atomic E-state index is 13.5. The second kappa shape index (κ2) is 48.8. The highest BCUT2D eigenvalue weighted by Crippen LogP contribution is 2.34. The molecular formula is C64H59F20I9N6O18S3. The number of likely N-dealkylation sites (tertiary alicyclic amines) is 2. The predicted molar refractivity (Wildman–Crippen MR) is 461 cm³/mol. The van der Waals surface area contributed by atoms with E-state index in [1.807, 2.05) is 176 Å². The van der Waals surface area contributed by atoms with Crippen molar-refractivity contribution in [1.29, 1.82) is 0 Å². The van der Waals surface area contributed by atoms with Crippen molar-refractivity contribution in [3.63, 3.8) is 0 Å². The van der Waals surface area contributed by atoms with Gasteiger partial charge in [0.05, 0.1) is 35.7 Å². The minimum Gasteiger partial charge on any atom is -0.504 e. The summed E-state index contributed by atoms with van der Waals surface area (Å²) in [5.74, 6) is -31.5. The van der Waals surface area contributed by atoms with Crippen LogP contribution in [0.5, 0.6) is 5.75 Å². The summed E-state index contributed by atoms with van der Waals surface area (Å²) >= 11 is 17.7. The first-order valence-corrected chi connectivity index (χ1v) is 47.0. The Morgan fingerprint density at radius 2 is 0.858 bits per heavy atom. The first kappa shape index (κ1) is 112. The van der Waals surface area contributed by atoms with Crippen molar-refractivity contribution < 1.29 is 171 Å². The van der Waals surface area contributed by atoms with Gasteiger partial charge in [-0.2, -0.15) is 52.3 Å². The molecule has 56 heteroatoms. The van der Waals surface area contributed by atoms with Crippen LogP contribution >= 0.6 is 203 Å². The highest BCUT2D eigenvalue weighted by atomic mass is 127. The molecule has 120 heavy (non-hydrogen) atoms. The molecule has 1 atom stereocenters. The molecular weight excluding hydrogens is 2760 g/mol. The minimum absolute atomic E-state index is 0.121. The van der Waals surface area contributed by atoms with E-state index < -0.39 is 203 Å². The smallest absolute Gasteiger partial charge is 0.504 e. The molecule has 5 aromatic rings. The molecule has 0 saturated carbocycles. The number of sulfonamides is 3. The molecule has 1 unspecified atom stereocenters. The summed E-state index contributed by atoms with van der Waals surface area (Å²) in [6.07, 6.45) is -6.45. The molecule has 3 fully saturated rings. The molecule has 3 saturated heterocycles. The Morgan fingerprint density at radius 3 is 1.26 bits per heavy atom. The number of amides is 2. The monoisotopic (exact) mass is 2820 g/mol. The lowest BCUT2D eigenvalue weighted by molar-refractivity contribution is -0.238. The largest absolute Gasteiger partial charge is 0.516 e. The van der Waals surface area contributed by atoms with Gasteiger partial charge in [0.2, 0.25) is 33.6 Å². The molecule has 24 nitrogen and oxygen atoms in total. The molecule has 0 aromatic heterocycles. The van der Waals surface area contributed by atoms with Crippen molar-refractivity contribution in [1.82, 2.24) is 29.3 Å². The predicted octanol–water partition coefficient (Wildman–Crippen LogP) is 15.5. The number of nitrogens with one attached hydrogen (secondary N) is 4. The Labute approximate surface area is 792 Å². The number of ether oxygens (including phenoxy) is 5. The Hall–Kier alpha value is -2.46. The Morgan fingerprint density at radius 1 is 0.500 bits per heavy atom. The zero-order chi connectivity index (χ0) is 92.2. The fourth-order valence-electron chi connectivity index (χ4n) is 9.14. The number of halogens is 29. The SMILES string of the molecule is CN1CCC(OC(=O)c2c(O)c(F)c(F)c(F)c2F)CC1.CN1CCC(OCC(OC(=O)CC(C)(F)F)C(F)(F)F)CC1.CS(=O)(=O)NC(=O)c1cc(I)cc(I)c1I.O=C(NS(=O)(=O)C(F)(F)F)c1cc(I)cc(I)c1I.O=C(OC1CCNCC1)c1c(F)c(F)c(F)c(F)c1F.O=C(OCCNS(=O)(=O)C(F)(F)F)c1cc(I)cc(I)c1I. The molecule has 8 rings (SSSR count). The molecule has 5 N–H and O–H groups in total. The summed E-state index contributed by atoms with van der Waals surface area (Å²) in [5.41, 5.74) is -13.3. The molecule has 3 heterocycles. The molecule has 0 spiro atoms. The van der Waals surface area contributed by atoms with E-state index in [1.54, 1.807) is 40.8 Å². The Kier molecular flexibility index (Phi) is 45.4. The van der Waals surface area contributed by atoms with Gasteiger partial charge in [0.1, 0.15) is 36.4 Å². The summed E-state index contributed by atoms with van der Waals surface area (Å²) in [6, 6.07) is 10.0. The number of piperidine rings is 3. The van der Waals surface area contributed by atoms with Crippen LogP contribution in [0.15, 0.2) is 36.4 Å². The second-order valence-corrected chi connectivity index (χ2v) is 40.2. The Bertz CT molecular complexity index is 4820. The van der Waals surface area contributed by atoms with Crippen molar-refractivity contribution in [3.05, 3.63) is 149 Å². The van der Waals surface area contributed by atoms with Crippen LogP contribution in [-0.2, 0) is 58.5 Å². The first-order valence-electron chi connectivity index (χ1n) is 32.5. The quantitative estimate of drug-likeness (QED) is 0.00975. The maximum atomic E-state index is 13.5. The summed E-state index contributed by atoms with van der Waals surface area (Å²) in [6.45, 7) is 2.13. The number of carbonyl (C=O) groups excluding carboxylic acids is 6. The van der Waals surface area contributed by atoms with Gasteiger partial charge in [-0.05, 0) is 312 Å². The third-order valence-electron chi connectivity index (χ3n) is 15.0. The standard InChI is InChI=1S/C13H20F5NO3.C13H13F4NO3.C12H10F5NO2.C10H7F3I3NO4S.C8H3F3I3NO3S.C8H6I3NO3S/c1-12(14,15)7-11(20)22-10(13(16,17)18)8-21-9-3-5-19(2)6-4-9;1-18-4-2-6(3-5-18)21-13(20)7-8(14)9(15)10(16)11(17)12(7)19;13-7-6(8(14)10(16)11(17)9(7)15)12(19)20-5-1-3-18-4-2-5;11-10(12,13)22(19,20)17-1-2-21-9(18)6-3-5(14)4-7(15)8(6)16;9-8(10,11)19(17,18)15-7(16)4-1-3(12)2-5(13)6(4)14;1-16(14,15)12-8(13)5-2-4(9)3-6(10)7(5)11/h9-10H,3-8H2,1-2H3;6,19H,2-5H2,1H3;5,18H,1-4H2;3-4,17H,1-2H2;1-2H,(H,15,16);2-3H,1H3,(H,12,13). The minimum atomic E-state index is -5.70. The summed E-state index contributed by atoms with van der Waals surface area (Å²) in [5, 5.41) is 12.3. The van der Waals surface area contributed by atoms with Gasteiger partial charge in [0.25, 0.3) is 17.7 Å². The van der Waals surface area contributed by atoms with E-state index in [4.69, 9.17) is 18.9 Å². The van der Waals surface area contributed by atoms with E-state index in [2.05, 4.69) is 55.2 Å². The van der Waals surface area contributed by atoms with Crippen LogP contribution < -0.4 is 19.5 Å². The number of benzene rings is 5. The van der Waals surface area contributed by atoms with E-state index in [9.17, 15) is 147 Å². The third kappa shape index (κ3) is 35.9. The fourth-order valence-corrected chi connectivity index (χ4v) is 17.7. The summed E-state index contributed by atoms with van der Waals surface area (Å²) in [7, 11) is -10.9. The van der Waals surface area contributed by atoms with Crippen LogP contribution in [0.1, 0.15) is 104 Å². The number of phenols is 1. The second-order valence-electron chi connectivity index (χ2n) is 24.6. The van der Waals surface area contributed by atoms with Gasteiger partial charge < -0.3 is 43.9 Å². The van der Waals surface area contributed by atoms with Crippen LogP contribution in [0.4, 0.5) is 87.8 Å². The van der Waals surface area contributed by atoms with Gasteiger partial charge >= 0.3 is 61.1 Å². The number of esters is 4. The molecule has 5 aromatic carbocycles. The zero-order valence-electron chi connectivity index (χ0n) is 60.6. The van der Waals surface area contributed by atoms with Crippen molar-refractivity contribution in [2.75, 3.05) is 79.4 Å². The number of rotatable bonds is 19. The number of aromatic hydroxyl groups is 1. The normalized spacial score (nSPS) is 15.0. The molecule has 0 radical (unpaired) electrons. The number of phenolic OH excluding ortho intramolecular Hbond substituents is 1. The van der Waals surface area contributed by atoms with Gasteiger partial charge in [-0.25, -0.2) is 89.3 Å². The van der Waals surface area contributed by atoms with Crippen LogP contribution in [0.2, 0.25) is 0 Å². The Balaban J connectivity index is 0.000000373. The molecule has 0 aliphatic carbocycles. The van der Waals surface area contributed by atoms with Crippen molar-refractivity contribution in [2.24, 2.45) is 0 Å². The molecule has 3 aliphatic rings. The maximum Gasteiger partial charge on any atom is 0.516 e. The van der Waals surface area contributed by atoms with Crippen molar-refractivity contribution in [2.45, 2.75) is 99.4 Å². The number of nitrogens with zero attached hydrogens (tertiary/aromatic N) is 2. The van der Waals surface area contributed by atoms with Crippen LogP contribution in [0.3, 0.4) is 0 Å². The van der Waals surface area contributed by atoms with Crippen LogP contribution in [0.25, 0.3) is 0 Å². The topological polar surface area (TPSA) is 326 Å². The number of carbonyl (C=O) groups is 6. The molecule has 674 valence electrons. The fraction of sp³-hybridized carbons (Fsp3) is 0.438. The number of hydrogen-bond donors (Lipinski definition) is 5. The number of hydrogen-bond acceptors (Lipinski definition) is 21. The number of alkyl halides is 11. The van der Waals surface area contributed by atoms with E-state index in [0.717, 1.165) is 28.8 Å². The molecule has 2 amide bonds. The van der Waals surface area contributed by atoms with E-state index in [-0.39, 0.29) is 17.2 Å². The van der Waals surface area contributed by atoms with E-state index >= 15 is 0 Å². The van der Waals surface area contributed by atoms with Gasteiger partial charge in [0, 0.05) is 64.9 Å². The van der Waals surface area contributed by atoms with Gasteiger partial charge in [-0.3, -0.25) is 14.4 Å². The zero-order valence-corrected chi connectivity index (χ0v) is 82.4. The van der Waals surface area contributed by atoms with Crippen molar-refractivity contribution in [3.8, 4) is 5.75 Å². The van der Waals surface area contributed by atoms with Crippen LogP contribution in [-0.4, -0.2) is 203 Å². The highest BCUT2D eigenvalue weighted by Gasteiger charge is 2.49. The molecule has 3 aliphatic heterocycles. The third-order valence-corrected chi connectivity index (χ3v) is 28.8. The van der Waals surface area contributed by atoms with Crippen LogP contribution in [0, 0.1) is 84.5 Å². The van der Waals surface area contributed by atoms with Gasteiger partial charge in [-0.1, -0.05) is 0 Å². The first-order chi connectivity index (χ1) is 54.8.